The number of alkyl carbamates (subject to hydrolysis) is 1. The first-order valence-corrected chi connectivity index (χ1v) is 7.65. The van der Waals surface area contributed by atoms with Gasteiger partial charge in [-0.05, 0) is 18.8 Å². The molecule has 0 saturated carbocycles. The third-order valence-electron chi connectivity index (χ3n) is 3.82. The van der Waals surface area contributed by atoms with Crippen LogP contribution < -0.4 is 5.32 Å². The number of fused-ring (bicyclic) bond motifs is 1. The molecule has 1 aromatic heterocycles. The number of halogens is 3. The van der Waals surface area contributed by atoms with Crippen LogP contribution in [-0.4, -0.2) is 33.6 Å². The Morgan fingerprint density at radius 1 is 1.43 bits per heavy atom. The van der Waals surface area contributed by atoms with E-state index >= 15 is 0 Å². The van der Waals surface area contributed by atoms with E-state index in [4.69, 9.17) is 4.74 Å². The zero-order chi connectivity index (χ0) is 17.0. The van der Waals surface area contributed by atoms with Crippen LogP contribution in [-0.2, 0) is 24.2 Å². The Morgan fingerprint density at radius 3 is 2.83 bits per heavy atom. The van der Waals surface area contributed by atoms with Crippen LogP contribution in [0, 0.1) is 11.8 Å². The summed E-state index contributed by atoms with van der Waals surface area (Å²) in [5.74, 6) is -0.182. The fourth-order valence-corrected chi connectivity index (χ4v) is 2.39. The summed E-state index contributed by atoms with van der Waals surface area (Å²) >= 11 is 0. The molecule has 9 heteroatoms. The molecule has 2 heterocycles. The average molecular weight is 334 g/mol. The lowest BCUT2D eigenvalue weighted by Gasteiger charge is -2.25. The second-order valence-electron chi connectivity index (χ2n) is 6.09. The highest BCUT2D eigenvalue weighted by molar-refractivity contribution is 5.66. The van der Waals surface area contributed by atoms with Gasteiger partial charge in [0.15, 0.2) is 5.82 Å². The van der Waals surface area contributed by atoms with Gasteiger partial charge in [-0.25, -0.2) is 4.79 Å². The van der Waals surface area contributed by atoms with Crippen molar-refractivity contribution >= 4 is 6.09 Å². The number of alkyl halides is 3. The summed E-state index contributed by atoms with van der Waals surface area (Å²) in [6.45, 7) is 4.67. The van der Waals surface area contributed by atoms with Crippen molar-refractivity contribution in [2.24, 2.45) is 11.8 Å². The molecule has 1 aromatic rings. The van der Waals surface area contributed by atoms with E-state index in [0.717, 1.165) is 6.42 Å². The molecule has 6 nitrogen and oxygen atoms in total. The molecule has 1 aliphatic rings. The van der Waals surface area contributed by atoms with E-state index < -0.39 is 18.2 Å². The number of hydrogen-bond donors (Lipinski definition) is 1. The van der Waals surface area contributed by atoms with Crippen LogP contribution in [0.25, 0.3) is 0 Å². The highest BCUT2D eigenvalue weighted by Crippen LogP contribution is 2.34. The van der Waals surface area contributed by atoms with E-state index in [1.807, 2.05) is 13.8 Å². The van der Waals surface area contributed by atoms with E-state index in [1.165, 1.54) is 0 Å². The van der Waals surface area contributed by atoms with Gasteiger partial charge in [-0.2, -0.15) is 13.2 Å². The average Bonchev–Trinajstić information content (AvgIpc) is 2.86. The lowest BCUT2D eigenvalue weighted by atomic mass is 9.97. The highest BCUT2D eigenvalue weighted by Gasteiger charge is 2.42. The Labute approximate surface area is 132 Å². The summed E-state index contributed by atoms with van der Waals surface area (Å²) in [5.41, 5.74) is 0. The molecular formula is C14H21F3N4O2. The molecule has 1 unspecified atom stereocenters. The molecule has 2 rings (SSSR count). The largest absolute Gasteiger partial charge is 0.450 e. The Kier molecular flexibility index (Phi) is 5.48. The second-order valence-corrected chi connectivity index (χ2v) is 6.09. The third-order valence-corrected chi connectivity index (χ3v) is 3.82. The van der Waals surface area contributed by atoms with Gasteiger partial charge < -0.3 is 14.6 Å². The van der Waals surface area contributed by atoms with Gasteiger partial charge in [0.1, 0.15) is 5.82 Å². The molecule has 1 amide bonds. The van der Waals surface area contributed by atoms with Gasteiger partial charge >= 0.3 is 12.3 Å². The highest BCUT2D eigenvalue weighted by atomic mass is 19.4. The quantitative estimate of drug-likeness (QED) is 0.899. The molecular weight excluding hydrogens is 313 g/mol. The second kappa shape index (κ2) is 7.18. The van der Waals surface area contributed by atoms with Crippen LogP contribution >= 0.6 is 0 Å². The van der Waals surface area contributed by atoms with Crippen molar-refractivity contribution in [3.8, 4) is 0 Å². The fraction of sp³-hybridized carbons (Fsp3) is 0.786. The SMILES string of the molecule is CC(C)CCOC(=O)NCc1nnc2n1CCC(C(F)(F)F)C2. The van der Waals surface area contributed by atoms with Crippen molar-refractivity contribution in [2.75, 3.05) is 6.61 Å². The number of rotatable bonds is 5. The topological polar surface area (TPSA) is 69.0 Å². The van der Waals surface area contributed by atoms with Crippen molar-refractivity contribution in [1.29, 1.82) is 0 Å². The smallest absolute Gasteiger partial charge is 0.407 e. The minimum Gasteiger partial charge on any atom is -0.450 e. The van der Waals surface area contributed by atoms with E-state index in [9.17, 15) is 18.0 Å². The third kappa shape index (κ3) is 4.84. The van der Waals surface area contributed by atoms with Crippen LogP contribution in [0.1, 0.15) is 38.3 Å². The summed E-state index contributed by atoms with van der Waals surface area (Å²) in [7, 11) is 0. The van der Waals surface area contributed by atoms with Gasteiger partial charge in [-0.15, -0.1) is 10.2 Å². The Balaban J connectivity index is 1.85. The van der Waals surface area contributed by atoms with Crippen molar-refractivity contribution in [3.63, 3.8) is 0 Å². The van der Waals surface area contributed by atoms with Gasteiger partial charge in [0.25, 0.3) is 0 Å². The maximum absolute atomic E-state index is 12.7. The van der Waals surface area contributed by atoms with E-state index in [-0.39, 0.29) is 25.9 Å². The number of nitrogens with one attached hydrogen (secondary N) is 1. The molecule has 0 bridgehead atoms. The monoisotopic (exact) mass is 334 g/mol. The van der Waals surface area contributed by atoms with E-state index in [2.05, 4.69) is 15.5 Å². The lowest BCUT2D eigenvalue weighted by molar-refractivity contribution is -0.179. The molecule has 0 aromatic carbocycles. The molecule has 1 N–H and O–H groups in total. The van der Waals surface area contributed by atoms with E-state index in [0.29, 0.717) is 24.2 Å². The number of amides is 1. The molecule has 0 radical (unpaired) electrons. The van der Waals surface area contributed by atoms with Crippen molar-refractivity contribution in [3.05, 3.63) is 11.6 Å². The summed E-state index contributed by atoms with van der Waals surface area (Å²) in [5, 5.41) is 10.2. The maximum atomic E-state index is 12.7. The van der Waals surface area contributed by atoms with Crippen molar-refractivity contribution in [1.82, 2.24) is 20.1 Å². The summed E-state index contributed by atoms with van der Waals surface area (Å²) in [6, 6.07) is 0. The molecule has 0 aliphatic carbocycles. The Hall–Kier alpha value is -1.80. The number of hydrogen-bond acceptors (Lipinski definition) is 4. The first-order valence-electron chi connectivity index (χ1n) is 7.65. The number of nitrogens with zero attached hydrogens (tertiary/aromatic N) is 3. The van der Waals surface area contributed by atoms with Crippen LogP contribution in [0.4, 0.5) is 18.0 Å². The zero-order valence-corrected chi connectivity index (χ0v) is 13.2. The first kappa shape index (κ1) is 17.6. The standard InChI is InChI=1S/C14H21F3N4O2/c1-9(2)4-6-23-13(22)18-8-12-20-19-11-7-10(14(15,16)17)3-5-21(11)12/h9-10H,3-8H2,1-2H3,(H,18,22). The van der Waals surface area contributed by atoms with Crippen LogP contribution in [0.3, 0.4) is 0 Å². The van der Waals surface area contributed by atoms with Gasteiger partial charge in [0.2, 0.25) is 0 Å². The Morgan fingerprint density at radius 2 is 2.17 bits per heavy atom. The van der Waals surface area contributed by atoms with Gasteiger partial charge in [-0.1, -0.05) is 13.8 Å². The number of ether oxygens (including phenoxy) is 1. The summed E-state index contributed by atoms with van der Waals surface area (Å²) in [6.07, 6.45) is -4.18. The maximum Gasteiger partial charge on any atom is 0.407 e. The Bertz CT molecular complexity index is 543. The van der Waals surface area contributed by atoms with Crippen LogP contribution in [0.15, 0.2) is 0 Å². The molecule has 130 valence electrons. The molecule has 0 saturated heterocycles. The van der Waals surface area contributed by atoms with E-state index in [1.54, 1.807) is 4.57 Å². The molecule has 23 heavy (non-hydrogen) atoms. The van der Waals surface area contributed by atoms with Gasteiger partial charge in [-0.3, -0.25) is 0 Å². The summed E-state index contributed by atoms with van der Waals surface area (Å²) in [4.78, 5) is 11.5. The van der Waals surface area contributed by atoms with Crippen molar-refractivity contribution < 1.29 is 22.7 Å². The number of carbonyl (C=O) groups excluding carboxylic acids is 1. The minimum atomic E-state index is -4.21. The molecule has 0 spiro atoms. The minimum absolute atomic E-state index is 0.000372. The molecule has 1 atom stereocenters. The fourth-order valence-electron chi connectivity index (χ4n) is 2.39. The molecule has 1 aliphatic heterocycles. The van der Waals surface area contributed by atoms with Gasteiger partial charge in [0.05, 0.1) is 19.1 Å². The van der Waals surface area contributed by atoms with Crippen LogP contribution in [0.5, 0.6) is 0 Å². The number of carbonyl (C=O) groups is 1. The lowest BCUT2D eigenvalue weighted by Crippen LogP contribution is -2.32. The number of aromatic nitrogens is 3. The van der Waals surface area contributed by atoms with Crippen molar-refractivity contribution in [2.45, 2.75) is 52.4 Å². The zero-order valence-electron chi connectivity index (χ0n) is 13.2. The van der Waals surface area contributed by atoms with Crippen LogP contribution in [0.2, 0.25) is 0 Å². The first-order chi connectivity index (χ1) is 10.8. The predicted molar refractivity (Wildman–Crippen MR) is 75.5 cm³/mol. The summed E-state index contributed by atoms with van der Waals surface area (Å²) < 4.78 is 44.9. The van der Waals surface area contributed by atoms with Gasteiger partial charge in [0, 0.05) is 13.0 Å². The molecule has 0 fully saturated rings. The predicted octanol–water partition coefficient (Wildman–Crippen LogP) is 2.68. The normalized spacial score (nSPS) is 17.9.